The first-order valence-electron chi connectivity index (χ1n) is 10.1. The van der Waals surface area contributed by atoms with E-state index in [1.54, 1.807) is 29.0 Å². The molecule has 0 spiro atoms. The van der Waals surface area contributed by atoms with Crippen molar-refractivity contribution in [3.05, 3.63) is 113 Å². The van der Waals surface area contributed by atoms with Crippen molar-refractivity contribution in [1.82, 2.24) is 9.55 Å². The van der Waals surface area contributed by atoms with Crippen molar-refractivity contribution in [2.24, 2.45) is 0 Å². The molecule has 4 aromatic rings. The van der Waals surface area contributed by atoms with Crippen LogP contribution in [0, 0.1) is 0 Å². The minimum Gasteiger partial charge on any atom is -0.489 e. The number of alkyl halides is 3. The molecule has 0 fully saturated rings. The fourth-order valence-electron chi connectivity index (χ4n) is 3.53. The van der Waals surface area contributed by atoms with Gasteiger partial charge >= 0.3 is 12.1 Å². The highest BCUT2D eigenvalue weighted by Gasteiger charge is 2.35. The lowest BCUT2D eigenvalue weighted by Crippen LogP contribution is -2.13. The minimum atomic E-state index is -4.57. The van der Waals surface area contributed by atoms with Gasteiger partial charge in [-0.25, -0.2) is 9.78 Å². The Bertz CT molecular complexity index is 1270. The molecule has 168 valence electrons. The van der Waals surface area contributed by atoms with E-state index in [4.69, 9.17) is 4.74 Å². The fraction of sp³-hybridized carbons (Fsp3) is 0.120. The Hall–Kier alpha value is -4.07. The Kier molecular flexibility index (Phi) is 6.17. The fourth-order valence-corrected chi connectivity index (χ4v) is 3.53. The van der Waals surface area contributed by atoms with Crippen LogP contribution in [0.15, 0.2) is 85.1 Å². The van der Waals surface area contributed by atoms with Gasteiger partial charge < -0.3 is 14.4 Å². The number of carboxylic acids is 1. The number of carbonyl (C=O) groups is 1. The number of halogens is 3. The van der Waals surface area contributed by atoms with E-state index >= 15 is 0 Å². The molecule has 2 aromatic carbocycles. The third-order valence-electron chi connectivity index (χ3n) is 5.07. The summed E-state index contributed by atoms with van der Waals surface area (Å²) in [5.41, 5.74) is 0.392. The zero-order valence-corrected chi connectivity index (χ0v) is 17.3. The van der Waals surface area contributed by atoms with Crippen LogP contribution < -0.4 is 4.74 Å². The van der Waals surface area contributed by atoms with Gasteiger partial charge in [0.1, 0.15) is 18.2 Å². The number of rotatable bonds is 7. The molecule has 2 heterocycles. The van der Waals surface area contributed by atoms with Gasteiger partial charge in [-0.15, -0.1) is 0 Å². The van der Waals surface area contributed by atoms with Crippen molar-refractivity contribution in [3.63, 3.8) is 0 Å². The second kappa shape index (κ2) is 9.20. The van der Waals surface area contributed by atoms with E-state index in [0.717, 1.165) is 11.6 Å². The highest BCUT2D eigenvalue weighted by molar-refractivity contribution is 5.85. The lowest BCUT2D eigenvalue weighted by molar-refractivity contribution is -0.138. The summed E-state index contributed by atoms with van der Waals surface area (Å²) in [7, 11) is 0. The molecule has 0 aliphatic heterocycles. The highest BCUT2D eigenvalue weighted by atomic mass is 19.4. The number of aromatic nitrogens is 2. The predicted octanol–water partition coefficient (Wildman–Crippen LogP) is 5.76. The molecule has 0 aliphatic rings. The van der Waals surface area contributed by atoms with E-state index in [2.05, 4.69) is 4.98 Å². The Morgan fingerprint density at radius 1 is 0.939 bits per heavy atom. The highest BCUT2D eigenvalue weighted by Crippen LogP contribution is 2.37. The molecule has 0 radical (unpaired) electrons. The summed E-state index contributed by atoms with van der Waals surface area (Å²) in [6.07, 6.45) is -3.03. The van der Waals surface area contributed by atoms with Crippen LogP contribution in [-0.2, 0) is 19.2 Å². The van der Waals surface area contributed by atoms with Gasteiger partial charge in [0.2, 0.25) is 0 Å². The SMILES string of the molecule is O=C(O)c1cccc(-n2cccc2Cc2c(OCc3ccccc3)cccc2C(F)(F)F)n1. The summed E-state index contributed by atoms with van der Waals surface area (Å²) in [6.45, 7) is 0.123. The standard InChI is InChI=1S/C25H19F3N2O3/c26-25(27,28)20-10-4-12-22(33-16-17-7-2-1-3-8-17)19(20)15-18-9-6-14-30(18)23-13-5-11-21(29-23)24(31)32/h1-14H,15-16H2,(H,31,32). The number of aromatic carboxylic acids is 1. The molecular weight excluding hydrogens is 433 g/mol. The number of nitrogens with zero attached hydrogens (tertiary/aromatic N) is 2. The number of carboxylic acid groups (broad SMARTS) is 1. The summed E-state index contributed by atoms with van der Waals surface area (Å²) >= 11 is 0. The van der Waals surface area contributed by atoms with E-state index in [1.165, 1.54) is 24.3 Å². The van der Waals surface area contributed by atoms with Crippen molar-refractivity contribution in [1.29, 1.82) is 0 Å². The number of pyridine rings is 1. The lowest BCUT2D eigenvalue weighted by atomic mass is 10.0. The normalized spacial score (nSPS) is 11.4. The molecule has 0 unspecified atom stereocenters. The van der Waals surface area contributed by atoms with Crippen LogP contribution in [0.25, 0.3) is 5.82 Å². The van der Waals surface area contributed by atoms with E-state index in [-0.39, 0.29) is 30.0 Å². The first-order valence-corrected chi connectivity index (χ1v) is 10.1. The molecule has 0 bridgehead atoms. The molecule has 4 rings (SSSR count). The Balaban J connectivity index is 1.71. The zero-order chi connectivity index (χ0) is 23.4. The van der Waals surface area contributed by atoms with Crippen molar-refractivity contribution in [3.8, 4) is 11.6 Å². The number of ether oxygens (including phenoxy) is 1. The maximum absolute atomic E-state index is 13.8. The molecule has 0 atom stereocenters. The summed E-state index contributed by atoms with van der Waals surface area (Å²) in [5.74, 6) is -0.760. The molecule has 1 N–H and O–H groups in total. The van der Waals surface area contributed by atoms with Gasteiger partial charge in [0.15, 0.2) is 5.69 Å². The van der Waals surface area contributed by atoms with Crippen molar-refractivity contribution >= 4 is 5.97 Å². The van der Waals surface area contributed by atoms with Gasteiger partial charge in [0.05, 0.1) is 5.56 Å². The maximum Gasteiger partial charge on any atom is 0.416 e. The molecule has 0 aliphatic carbocycles. The van der Waals surface area contributed by atoms with Crippen LogP contribution in [0.1, 0.15) is 32.9 Å². The molecule has 0 amide bonds. The number of hydrogen-bond donors (Lipinski definition) is 1. The third-order valence-corrected chi connectivity index (χ3v) is 5.07. The monoisotopic (exact) mass is 452 g/mol. The predicted molar refractivity (Wildman–Crippen MR) is 116 cm³/mol. The van der Waals surface area contributed by atoms with E-state index in [9.17, 15) is 23.1 Å². The van der Waals surface area contributed by atoms with Crippen molar-refractivity contribution in [2.45, 2.75) is 19.2 Å². The van der Waals surface area contributed by atoms with Crippen LogP contribution in [0.3, 0.4) is 0 Å². The van der Waals surface area contributed by atoms with Gasteiger partial charge in [-0.3, -0.25) is 0 Å². The lowest BCUT2D eigenvalue weighted by Gasteiger charge is -2.18. The Morgan fingerprint density at radius 3 is 2.42 bits per heavy atom. The average molecular weight is 452 g/mol. The third kappa shape index (κ3) is 5.06. The molecule has 8 heteroatoms. The first kappa shape index (κ1) is 22.1. The average Bonchev–Trinajstić information content (AvgIpc) is 3.26. The van der Waals surface area contributed by atoms with Gasteiger partial charge in [0, 0.05) is 23.9 Å². The topological polar surface area (TPSA) is 64.3 Å². The van der Waals surface area contributed by atoms with Crippen LogP contribution in [-0.4, -0.2) is 20.6 Å². The quantitative estimate of drug-likeness (QED) is 0.387. The molecule has 5 nitrogen and oxygen atoms in total. The largest absolute Gasteiger partial charge is 0.489 e. The molecule has 2 aromatic heterocycles. The van der Waals surface area contributed by atoms with Crippen LogP contribution in [0.4, 0.5) is 13.2 Å². The Labute approximate surface area is 187 Å². The van der Waals surface area contributed by atoms with Crippen molar-refractivity contribution < 1.29 is 27.8 Å². The van der Waals surface area contributed by atoms with E-state index in [1.807, 2.05) is 30.3 Å². The summed E-state index contributed by atoms with van der Waals surface area (Å²) < 4.78 is 48.9. The summed E-state index contributed by atoms with van der Waals surface area (Å²) in [5, 5.41) is 9.21. The first-order chi connectivity index (χ1) is 15.8. The summed E-state index contributed by atoms with van der Waals surface area (Å²) in [4.78, 5) is 15.4. The van der Waals surface area contributed by atoms with Crippen LogP contribution in [0.5, 0.6) is 5.75 Å². The van der Waals surface area contributed by atoms with Gasteiger partial charge in [-0.1, -0.05) is 42.5 Å². The van der Waals surface area contributed by atoms with E-state index in [0.29, 0.717) is 11.5 Å². The van der Waals surface area contributed by atoms with Crippen molar-refractivity contribution in [2.75, 3.05) is 0 Å². The smallest absolute Gasteiger partial charge is 0.416 e. The zero-order valence-electron chi connectivity index (χ0n) is 17.3. The molecule has 0 saturated heterocycles. The van der Waals surface area contributed by atoms with E-state index < -0.39 is 17.7 Å². The molecule has 0 saturated carbocycles. The van der Waals surface area contributed by atoms with Gasteiger partial charge in [-0.2, -0.15) is 13.2 Å². The second-order valence-electron chi connectivity index (χ2n) is 7.29. The van der Waals surface area contributed by atoms with Gasteiger partial charge in [-0.05, 0) is 42.0 Å². The molecular formula is C25H19F3N2O3. The van der Waals surface area contributed by atoms with Gasteiger partial charge in [0.25, 0.3) is 0 Å². The molecule has 33 heavy (non-hydrogen) atoms. The van der Waals surface area contributed by atoms with Crippen LogP contribution >= 0.6 is 0 Å². The number of benzene rings is 2. The second-order valence-corrected chi connectivity index (χ2v) is 7.29. The Morgan fingerprint density at radius 2 is 1.70 bits per heavy atom. The maximum atomic E-state index is 13.8. The summed E-state index contributed by atoms with van der Waals surface area (Å²) in [6, 6.07) is 20.9. The van der Waals surface area contributed by atoms with Crippen LogP contribution in [0.2, 0.25) is 0 Å². The number of hydrogen-bond acceptors (Lipinski definition) is 3. The minimum absolute atomic E-state index is 0.00438.